The van der Waals surface area contributed by atoms with E-state index in [4.69, 9.17) is 4.52 Å². The Hall–Kier alpha value is 0.110. The number of hydrogen-bond acceptors (Lipinski definition) is 2. The van der Waals surface area contributed by atoms with Gasteiger partial charge in [-0.2, -0.15) is 0 Å². The van der Waals surface area contributed by atoms with Gasteiger partial charge in [-0.3, -0.25) is 4.52 Å². The van der Waals surface area contributed by atoms with Gasteiger partial charge in [-0.1, -0.05) is 90.9 Å². The highest BCUT2D eigenvalue weighted by molar-refractivity contribution is 7.46. The van der Waals surface area contributed by atoms with Gasteiger partial charge in [-0.15, -0.1) is 0 Å². The van der Waals surface area contributed by atoms with Crippen molar-refractivity contribution < 1.29 is 18.9 Å². The second-order valence-electron chi connectivity index (χ2n) is 8.44. The Kier molecular flexibility index (Phi) is 9.51. The van der Waals surface area contributed by atoms with E-state index >= 15 is 0 Å². The molecule has 1 saturated carbocycles. The molecule has 0 aromatic rings. The van der Waals surface area contributed by atoms with Crippen molar-refractivity contribution in [3.05, 3.63) is 0 Å². The van der Waals surface area contributed by atoms with Gasteiger partial charge < -0.3 is 9.79 Å². The van der Waals surface area contributed by atoms with E-state index in [1.165, 1.54) is 57.8 Å². The van der Waals surface area contributed by atoms with Gasteiger partial charge in [0, 0.05) is 0 Å². The Labute approximate surface area is 149 Å². The third-order valence-electron chi connectivity index (χ3n) is 5.96. The zero-order valence-electron chi connectivity index (χ0n) is 16.1. The number of phosphoric acid groups is 1. The van der Waals surface area contributed by atoms with Crippen molar-refractivity contribution in [2.24, 2.45) is 5.41 Å². The van der Waals surface area contributed by atoms with Crippen LogP contribution < -0.4 is 0 Å². The van der Waals surface area contributed by atoms with Crippen molar-refractivity contribution >= 4 is 7.82 Å². The molecule has 1 atom stereocenters. The highest BCUT2D eigenvalue weighted by Crippen LogP contribution is 2.51. The molecule has 0 amide bonds. The summed E-state index contributed by atoms with van der Waals surface area (Å²) in [7, 11) is -4.49. The van der Waals surface area contributed by atoms with Gasteiger partial charge in [0.2, 0.25) is 0 Å². The van der Waals surface area contributed by atoms with Crippen LogP contribution in [0.25, 0.3) is 0 Å². The summed E-state index contributed by atoms with van der Waals surface area (Å²) in [5, 5.41) is 0. The Bertz CT molecular complexity index is 391. The van der Waals surface area contributed by atoms with Crippen LogP contribution in [-0.4, -0.2) is 15.4 Å². The Morgan fingerprint density at radius 1 is 0.667 bits per heavy atom. The molecule has 1 fully saturated rings. The summed E-state index contributed by atoms with van der Waals surface area (Å²) < 4.78 is 16.9. The van der Waals surface area contributed by atoms with Gasteiger partial charge in [-0.05, 0) is 25.2 Å². The van der Waals surface area contributed by atoms with Crippen molar-refractivity contribution in [3.63, 3.8) is 0 Å². The number of phosphoric ester groups is 1. The monoisotopic (exact) mass is 362 g/mol. The van der Waals surface area contributed by atoms with Gasteiger partial charge in [-0.25, -0.2) is 4.57 Å². The van der Waals surface area contributed by atoms with Crippen molar-refractivity contribution in [1.29, 1.82) is 0 Å². The highest BCUT2D eigenvalue weighted by atomic mass is 31.2. The molecule has 0 aromatic carbocycles. The van der Waals surface area contributed by atoms with E-state index in [2.05, 4.69) is 13.8 Å². The quantitative estimate of drug-likeness (QED) is 0.561. The van der Waals surface area contributed by atoms with E-state index in [1.54, 1.807) is 0 Å². The van der Waals surface area contributed by atoms with E-state index in [-0.39, 0.29) is 5.41 Å². The van der Waals surface area contributed by atoms with Crippen molar-refractivity contribution in [2.75, 3.05) is 0 Å². The van der Waals surface area contributed by atoms with Gasteiger partial charge in [0.15, 0.2) is 0 Å². The molecule has 2 N–H and O–H groups in total. The van der Waals surface area contributed by atoms with Crippen molar-refractivity contribution in [3.8, 4) is 0 Å². The first-order valence-corrected chi connectivity index (χ1v) is 11.5. The van der Waals surface area contributed by atoms with E-state index in [1.807, 2.05) is 6.92 Å². The molecule has 5 heteroatoms. The standard InChI is InChI=1S/C19H39O4P/c1-18(2)16-14-12-10-8-6-4-5-7-9-11-13-15-17-19(18,3)23-24(20,21)22/h4-17H2,1-3H3,(H2,20,21,22)/t19-/m1/s1. The zero-order valence-corrected chi connectivity index (χ0v) is 17.0. The minimum Gasteiger partial charge on any atom is -0.303 e. The molecule has 0 aromatic heterocycles. The first kappa shape index (κ1) is 22.2. The van der Waals surface area contributed by atoms with Gasteiger partial charge in [0.1, 0.15) is 0 Å². The summed E-state index contributed by atoms with van der Waals surface area (Å²) in [6, 6.07) is 0. The molecule has 0 radical (unpaired) electrons. The van der Waals surface area contributed by atoms with E-state index in [0.717, 1.165) is 25.7 Å². The van der Waals surface area contributed by atoms with Crippen LogP contribution in [0, 0.1) is 5.41 Å². The topological polar surface area (TPSA) is 66.8 Å². The number of rotatable bonds is 2. The minimum atomic E-state index is -4.49. The fourth-order valence-electron chi connectivity index (χ4n) is 3.83. The highest BCUT2D eigenvalue weighted by Gasteiger charge is 2.45. The summed E-state index contributed by atoms with van der Waals surface area (Å²) in [4.78, 5) is 18.8. The molecule has 24 heavy (non-hydrogen) atoms. The van der Waals surface area contributed by atoms with Gasteiger partial charge >= 0.3 is 7.82 Å². The third-order valence-corrected chi connectivity index (χ3v) is 6.60. The lowest BCUT2D eigenvalue weighted by molar-refractivity contribution is -0.0595. The lowest BCUT2D eigenvalue weighted by atomic mass is 9.70. The summed E-state index contributed by atoms with van der Waals surface area (Å²) in [5.74, 6) is 0. The molecule has 0 bridgehead atoms. The maximum Gasteiger partial charge on any atom is 0.470 e. The fraction of sp³-hybridized carbons (Fsp3) is 1.00. The summed E-state index contributed by atoms with van der Waals surface area (Å²) in [5.41, 5.74) is -1.02. The first-order valence-electron chi connectivity index (χ1n) is 9.93. The lowest BCUT2D eigenvalue weighted by Gasteiger charge is -2.44. The zero-order chi connectivity index (χ0) is 18.1. The lowest BCUT2D eigenvalue weighted by Crippen LogP contribution is -2.43. The largest absolute Gasteiger partial charge is 0.470 e. The van der Waals surface area contributed by atoms with Crippen LogP contribution >= 0.6 is 7.82 Å². The van der Waals surface area contributed by atoms with Crippen LogP contribution in [0.15, 0.2) is 0 Å². The molecule has 0 heterocycles. The Balaban J connectivity index is 2.73. The second-order valence-corrected chi connectivity index (χ2v) is 9.60. The maximum atomic E-state index is 11.5. The average molecular weight is 362 g/mol. The molecule has 1 rings (SSSR count). The summed E-state index contributed by atoms with van der Waals surface area (Å²) >= 11 is 0. The third kappa shape index (κ3) is 8.47. The fourth-order valence-corrected chi connectivity index (χ4v) is 4.69. The van der Waals surface area contributed by atoms with E-state index < -0.39 is 13.4 Å². The second kappa shape index (κ2) is 10.3. The number of hydrogen-bond donors (Lipinski definition) is 2. The van der Waals surface area contributed by atoms with Crippen molar-refractivity contribution in [1.82, 2.24) is 0 Å². The summed E-state index contributed by atoms with van der Waals surface area (Å²) in [6.45, 7) is 6.10. The molecule has 0 unspecified atom stereocenters. The van der Waals surface area contributed by atoms with Crippen molar-refractivity contribution in [2.45, 2.75) is 116 Å². The first-order chi connectivity index (χ1) is 11.2. The molecular weight excluding hydrogens is 323 g/mol. The van der Waals surface area contributed by atoms with Crippen LogP contribution in [0.2, 0.25) is 0 Å². The predicted molar refractivity (Wildman–Crippen MR) is 100.0 cm³/mol. The molecule has 0 aliphatic heterocycles. The predicted octanol–water partition coefficient (Wildman–Crippen LogP) is 6.36. The molecular formula is C19H39O4P. The molecule has 0 spiro atoms. The minimum absolute atomic E-state index is 0.245. The van der Waals surface area contributed by atoms with Crippen LogP contribution in [-0.2, 0) is 9.09 Å². The average Bonchev–Trinajstić information content (AvgIpc) is 2.44. The van der Waals surface area contributed by atoms with Crippen LogP contribution in [0.5, 0.6) is 0 Å². The molecule has 1 aliphatic rings. The van der Waals surface area contributed by atoms with Crippen LogP contribution in [0.1, 0.15) is 111 Å². The van der Waals surface area contributed by atoms with E-state index in [0.29, 0.717) is 6.42 Å². The molecule has 144 valence electrons. The Morgan fingerprint density at radius 3 is 1.38 bits per heavy atom. The SMILES string of the molecule is CC1(C)CCCCCCCCCCCCCC[C@@]1(C)OP(=O)(O)O. The molecule has 4 nitrogen and oxygen atoms in total. The molecule has 1 aliphatic carbocycles. The van der Waals surface area contributed by atoms with Gasteiger partial charge in [0.25, 0.3) is 0 Å². The van der Waals surface area contributed by atoms with Crippen LogP contribution in [0.4, 0.5) is 0 Å². The maximum absolute atomic E-state index is 11.5. The smallest absolute Gasteiger partial charge is 0.303 e. The van der Waals surface area contributed by atoms with E-state index in [9.17, 15) is 14.4 Å². The normalized spacial score (nSPS) is 29.2. The van der Waals surface area contributed by atoms with Crippen LogP contribution in [0.3, 0.4) is 0 Å². The van der Waals surface area contributed by atoms with Gasteiger partial charge in [0.05, 0.1) is 5.60 Å². The summed E-state index contributed by atoms with van der Waals surface area (Å²) in [6.07, 6.45) is 16.5. The molecule has 0 saturated heterocycles. The Morgan fingerprint density at radius 2 is 1.00 bits per heavy atom.